The Bertz CT molecular complexity index is 405. The van der Waals surface area contributed by atoms with Crippen molar-refractivity contribution in [1.82, 2.24) is 15.0 Å². The van der Waals surface area contributed by atoms with Crippen molar-refractivity contribution in [3.8, 4) is 0 Å². The van der Waals surface area contributed by atoms with Gasteiger partial charge in [0.05, 0.1) is 13.2 Å². The molecule has 0 atom stereocenters. The van der Waals surface area contributed by atoms with Crippen molar-refractivity contribution in [2.75, 3.05) is 62.1 Å². The van der Waals surface area contributed by atoms with E-state index in [4.69, 9.17) is 4.74 Å². The summed E-state index contributed by atoms with van der Waals surface area (Å²) in [4.78, 5) is 17.4. The number of morpholine rings is 1. The first-order valence-corrected chi connectivity index (χ1v) is 6.70. The number of hydrogen-bond acceptors (Lipinski definition) is 7. The van der Waals surface area contributed by atoms with Crippen LogP contribution in [0.15, 0.2) is 0 Å². The lowest BCUT2D eigenvalue weighted by Crippen LogP contribution is -2.37. The Kier molecular flexibility index (Phi) is 4.73. The monoisotopic (exact) mass is 266 g/mol. The summed E-state index contributed by atoms with van der Waals surface area (Å²) in [6, 6.07) is 0. The Morgan fingerprint density at radius 3 is 2.58 bits per heavy atom. The fraction of sp³-hybridized carbons (Fsp3) is 0.750. The van der Waals surface area contributed by atoms with Gasteiger partial charge in [-0.2, -0.15) is 15.0 Å². The van der Waals surface area contributed by atoms with E-state index in [-0.39, 0.29) is 0 Å². The number of aromatic nitrogens is 3. The minimum atomic E-state index is 0.641. The van der Waals surface area contributed by atoms with Crippen LogP contribution in [-0.2, 0) is 4.74 Å². The summed E-state index contributed by atoms with van der Waals surface area (Å²) in [5.41, 5.74) is 0. The van der Waals surface area contributed by atoms with Crippen LogP contribution in [-0.4, -0.2) is 61.9 Å². The Hall–Kier alpha value is -1.63. The highest BCUT2D eigenvalue weighted by molar-refractivity contribution is 5.44. The molecule has 0 bridgehead atoms. The SMILES string of the molecule is CCCNc1nc(N(C)C)nc(N2CCOCC2)n1. The summed E-state index contributed by atoms with van der Waals surface area (Å²) in [6.07, 6.45) is 1.04. The lowest BCUT2D eigenvalue weighted by atomic mass is 10.4. The maximum absolute atomic E-state index is 5.36. The van der Waals surface area contributed by atoms with Gasteiger partial charge in [0.25, 0.3) is 0 Å². The molecular formula is C12H22N6O. The topological polar surface area (TPSA) is 66.4 Å². The highest BCUT2D eigenvalue weighted by atomic mass is 16.5. The lowest BCUT2D eigenvalue weighted by molar-refractivity contribution is 0.122. The first-order valence-electron chi connectivity index (χ1n) is 6.70. The van der Waals surface area contributed by atoms with Crippen LogP contribution >= 0.6 is 0 Å². The Labute approximate surface area is 114 Å². The number of rotatable bonds is 5. The van der Waals surface area contributed by atoms with Crippen LogP contribution in [0, 0.1) is 0 Å². The van der Waals surface area contributed by atoms with Crippen LogP contribution in [0.25, 0.3) is 0 Å². The minimum absolute atomic E-state index is 0.641. The van der Waals surface area contributed by atoms with Gasteiger partial charge in [0.2, 0.25) is 17.8 Å². The molecule has 1 aliphatic heterocycles. The molecule has 1 saturated heterocycles. The molecule has 1 aromatic heterocycles. The van der Waals surface area contributed by atoms with E-state index in [2.05, 4.69) is 32.1 Å². The molecule has 7 heteroatoms. The number of nitrogens with zero attached hydrogens (tertiary/aromatic N) is 5. The molecule has 0 spiro atoms. The molecule has 1 fully saturated rings. The molecule has 0 saturated carbocycles. The van der Waals surface area contributed by atoms with Gasteiger partial charge in [-0.3, -0.25) is 0 Å². The van der Waals surface area contributed by atoms with E-state index in [0.29, 0.717) is 11.9 Å². The van der Waals surface area contributed by atoms with E-state index in [1.165, 1.54) is 0 Å². The second kappa shape index (κ2) is 6.51. The van der Waals surface area contributed by atoms with Crippen LogP contribution in [0.3, 0.4) is 0 Å². The third-order valence-electron chi connectivity index (χ3n) is 2.84. The van der Waals surface area contributed by atoms with Gasteiger partial charge in [0.15, 0.2) is 0 Å². The second-order valence-corrected chi connectivity index (χ2v) is 4.68. The third-order valence-corrected chi connectivity index (χ3v) is 2.84. The predicted octanol–water partition coefficient (Wildman–Crippen LogP) is 0.596. The first-order chi connectivity index (χ1) is 9.20. The third kappa shape index (κ3) is 3.66. The Morgan fingerprint density at radius 1 is 1.21 bits per heavy atom. The number of anilines is 3. The summed E-state index contributed by atoms with van der Waals surface area (Å²) >= 11 is 0. The van der Waals surface area contributed by atoms with E-state index in [1.54, 1.807) is 0 Å². The fourth-order valence-electron chi connectivity index (χ4n) is 1.77. The lowest BCUT2D eigenvalue weighted by Gasteiger charge is -2.27. The van der Waals surface area contributed by atoms with E-state index in [9.17, 15) is 0 Å². The molecule has 0 aromatic carbocycles. The summed E-state index contributed by atoms with van der Waals surface area (Å²) < 4.78 is 5.36. The molecule has 1 aromatic rings. The zero-order chi connectivity index (χ0) is 13.7. The molecule has 0 amide bonds. The molecule has 2 heterocycles. The maximum atomic E-state index is 5.36. The van der Waals surface area contributed by atoms with Gasteiger partial charge >= 0.3 is 0 Å². The molecule has 106 valence electrons. The standard InChI is InChI=1S/C12H22N6O/c1-4-5-13-10-14-11(17(2)3)16-12(15-10)18-6-8-19-9-7-18/h4-9H2,1-3H3,(H,13,14,15,16). The quantitative estimate of drug-likeness (QED) is 0.837. The van der Waals surface area contributed by atoms with Crippen molar-refractivity contribution in [1.29, 1.82) is 0 Å². The van der Waals surface area contributed by atoms with Crippen molar-refractivity contribution in [3.63, 3.8) is 0 Å². The molecule has 2 rings (SSSR count). The van der Waals surface area contributed by atoms with Gasteiger partial charge in [-0.1, -0.05) is 6.92 Å². The molecule has 0 aliphatic carbocycles. The summed E-state index contributed by atoms with van der Waals surface area (Å²) in [5.74, 6) is 2.04. The van der Waals surface area contributed by atoms with Crippen LogP contribution in [0.5, 0.6) is 0 Å². The normalized spacial score (nSPS) is 15.4. The zero-order valence-corrected chi connectivity index (χ0v) is 11.9. The first kappa shape index (κ1) is 13.8. The van der Waals surface area contributed by atoms with Crippen LogP contribution in [0.2, 0.25) is 0 Å². The number of ether oxygens (including phenoxy) is 1. The smallest absolute Gasteiger partial charge is 0.232 e. The van der Waals surface area contributed by atoms with Crippen LogP contribution in [0.1, 0.15) is 13.3 Å². The van der Waals surface area contributed by atoms with E-state index >= 15 is 0 Å². The fourth-order valence-corrected chi connectivity index (χ4v) is 1.77. The van der Waals surface area contributed by atoms with Gasteiger partial charge in [0.1, 0.15) is 0 Å². The van der Waals surface area contributed by atoms with Crippen molar-refractivity contribution in [3.05, 3.63) is 0 Å². The summed E-state index contributed by atoms with van der Waals surface area (Å²) in [5, 5.41) is 3.22. The number of hydrogen-bond donors (Lipinski definition) is 1. The van der Waals surface area contributed by atoms with Gasteiger partial charge < -0.3 is 19.9 Å². The highest BCUT2D eigenvalue weighted by Gasteiger charge is 2.16. The second-order valence-electron chi connectivity index (χ2n) is 4.68. The van der Waals surface area contributed by atoms with Gasteiger partial charge in [-0.25, -0.2) is 0 Å². The molecule has 0 radical (unpaired) electrons. The maximum Gasteiger partial charge on any atom is 0.232 e. The molecular weight excluding hydrogens is 244 g/mol. The van der Waals surface area contributed by atoms with Crippen LogP contribution < -0.4 is 15.1 Å². The molecule has 0 unspecified atom stereocenters. The Balaban J connectivity index is 2.22. The molecule has 1 aliphatic rings. The zero-order valence-electron chi connectivity index (χ0n) is 11.9. The molecule has 19 heavy (non-hydrogen) atoms. The summed E-state index contributed by atoms with van der Waals surface area (Å²) in [6.45, 7) is 6.07. The number of nitrogens with one attached hydrogen (secondary N) is 1. The minimum Gasteiger partial charge on any atom is -0.378 e. The molecule has 7 nitrogen and oxygen atoms in total. The average molecular weight is 266 g/mol. The Morgan fingerprint density at radius 2 is 1.95 bits per heavy atom. The van der Waals surface area contributed by atoms with Crippen molar-refractivity contribution in [2.45, 2.75) is 13.3 Å². The van der Waals surface area contributed by atoms with E-state index in [1.807, 2.05) is 19.0 Å². The van der Waals surface area contributed by atoms with Gasteiger partial charge in [-0.05, 0) is 6.42 Å². The largest absolute Gasteiger partial charge is 0.378 e. The van der Waals surface area contributed by atoms with Crippen molar-refractivity contribution >= 4 is 17.8 Å². The van der Waals surface area contributed by atoms with Crippen molar-refractivity contribution in [2.24, 2.45) is 0 Å². The van der Waals surface area contributed by atoms with Gasteiger partial charge in [-0.15, -0.1) is 0 Å². The predicted molar refractivity (Wildman–Crippen MR) is 76.0 cm³/mol. The summed E-state index contributed by atoms with van der Waals surface area (Å²) in [7, 11) is 3.87. The van der Waals surface area contributed by atoms with Crippen LogP contribution in [0.4, 0.5) is 17.8 Å². The molecule has 1 N–H and O–H groups in total. The van der Waals surface area contributed by atoms with Gasteiger partial charge in [0, 0.05) is 33.7 Å². The average Bonchev–Trinajstić information content (AvgIpc) is 2.45. The van der Waals surface area contributed by atoms with E-state index in [0.717, 1.165) is 45.2 Å². The highest BCUT2D eigenvalue weighted by Crippen LogP contribution is 2.16. The van der Waals surface area contributed by atoms with Crippen molar-refractivity contribution < 1.29 is 4.74 Å². The van der Waals surface area contributed by atoms with E-state index < -0.39 is 0 Å².